The number of hydrogen-bond acceptors (Lipinski definition) is 5. The smallest absolute Gasteiger partial charge is 0.161 e. The molecule has 0 spiro atoms. The fourth-order valence-electron chi connectivity index (χ4n) is 3.35. The minimum atomic E-state index is -0.206. The number of rotatable bonds is 5. The van der Waals surface area contributed by atoms with E-state index in [2.05, 4.69) is 22.2 Å². The predicted molar refractivity (Wildman–Crippen MR) is 92.9 cm³/mol. The Balaban J connectivity index is 1.34. The lowest BCUT2D eigenvalue weighted by molar-refractivity contribution is 0.171. The number of hydrazine groups is 1. The van der Waals surface area contributed by atoms with Crippen LogP contribution in [0.2, 0.25) is 0 Å². The van der Waals surface area contributed by atoms with Gasteiger partial charge in [0.05, 0.1) is 6.04 Å². The summed E-state index contributed by atoms with van der Waals surface area (Å²) in [5, 5.41) is 3.51. The van der Waals surface area contributed by atoms with E-state index in [4.69, 9.17) is 9.47 Å². The van der Waals surface area contributed by atoms with Crippen molar-refractivity contribution in [3.63, 3.8) is 0 Å². The summed E-state index contributed by atoms with van der Waals surface area (Å²) in [6.07, 6.45) is 0. The summed E-state index contributed by atoms with van der Waals surface area (Å²) in [6.45, 7) is 3.70. The van der Waals surface area contributed by atoms with E-state index in [0.29, 0.717) is 19.1 Å². The van der Waals surface area contributed by atoms with Gasteiger partial charge in [0.1, 0.15) is 19.0 Å². The lowest BCUT2D eigenvalue weighted by Crippen LogP contribution is -2.28. The molecule has 2 aromatic rings. The molecule has 0 saturated carbocycles. The fraction of sp³-hybridized carbons (Fsp3) is 0.368. The predicted octanol–water partition coefficient (Wildman–Crippen LogP) is 2.15. The van der Waals surface area contributed by atoms with Gasteiger partial charge in [-0.25, -0.2) is 9.82 Å². The highest BCUT2D eigenvalue weighted by molar-refractivity contribution is 5.43. The molecule has 4 rings (SSSR count). The van der Waals surface area contributed by atoms with Gasteiger partial charge < -0.3 is 14.8 Å². The molecule has 2 aliphatic heterocycles. The quantitative estimate of drug-likeness (QED) is 0.777. The van der Waals surface area contributed by atoms with Crippen molar-refractivity contribution in [2.75, 3.05) is 26.3 Å². The van der Waals surface area contributed by atoms with Crippen molar-refractivity contribution in [1.29, 1.82) is 0 Å². The van der Waals surface area contributed by atoms with Crippen LogP contribution >= 0.6 is 0 Å². The van der Waals surface area contributed by atoms with E-state index in [9.17, 15) is 4.39 Å². The van der Waals surface area contributed by atoms with E-state index in [0.717, 1.165) is 36.7 Å². The molecule has 25 heavy (non-hydrogen) atoms. The number of halogens is 1. The average molecular weight is 343 g/mol. The van der Waals surface area contributed by atoms with E-state index in [1.807, 2.05) is 24.3 Å². The Morgan fingerprint density at radius 1 is 1.04 bits per heavy atom. The minimum Gasteiger partial charge on any atom is -0.486 e. The Labute approximate surface area is 146 Å². The molecule has 2 aromatic carbocycles. The second-order valence-electron chi connectivity index (χ2n) is 6.42. The molecule has 1 fully saturated rings. The fourth-order valence-corrected chi connectivity index (χ4v) is 3.35. The Bertz CT molecular complexity index is 723. The molecular formula is C19H22FN3O2. The van der Waals surface area contributed by atoms with Gasteiger partial charge in [-0.1, -0.05) is 18.2 Å². The van der Waals surface area contributed by atoms with Crippen molar-refractivity contribution in [3.05, 3.63) is 59.4 Å². The highest BCUT2D eigenvalue weighted by atomic mass is 19.1. The van der Waals surface area contributed by atoms with Crippen molar-refractivity contribution in [3.8, 4) is 11.5 Å². The molecule has 2 aliphatic rings. The van der Waals surface area contributed by atoms with Gasteiger partial charge in [-0.15, -0.1) is 0 Å². The maximum atomic E-state index is 13.1. The van der Waals surface area contributed by atoms with Gasteiger partial charge in [0.15, 0.2) is 11.5 Å². The van der Waals surface area contributed by atoms with Gasteiger partial charge >= 0.3 is 0 Å². The third kappa shape index (κ3) is 3.76. The van der Waals surface area contributed by atoms with Crippen LogP contribution in [0.25, 0.3) is 0 Å². The minimum absolute atomic E-state index is 0.174. The zero-order valence-electron chi connectivity index (χ0n) is 13.9. The molecular weight excluding hydrogens is 321 g/mol. The van der Waals surface area contributed by atoms with Crippen LogP contribution in [0.3, 0.4) is 0 Å². The normalized spacial score (nSPS) is 22.1. The molecule has 0 radical (unpaired) electrons. The summed E-state index contributed by atoms with van der Waals surface area (Å²) in [5.41, 5.74) is 8.75. The molecule has 6 heteroatoms. The largest absolute Gasteiger partial charge is 0.486 e. The van der Waals surface area contributed by atoms with Crippen LogP contribution in [-0.2, 0) is 6.54 Å². The summed E-state index contributed by atoms with van der Waals surface area (Å²) in [7, 11) is 0. The molecule has 0 bridgehead atoms. The SMILES string of the molecule is Fc1ccc(C2NNCC2CNCc2ccc3c(c2)OCCO3)cc1. The number of hydrogen-bond donors (Lipinski definition) is 3. The molecule has 2 heterocycles. The van der Waals surface area contributed by atoms with Crippen LogP contribution < -0.4 is 25.6 Å². The van der Waals surface area contributed by atoms with Gasteiger partial charge in [-0.05, 0) is 35.4 Å². The van der Waals surface area contributed by atoms with Crippen LogP contribution in [-0.4, -0.2) is 26.3 Å². The summed E-state index contributed by atoms with van der Waals surface area (Å²) in [5.74, 6) is 1.82. The zero-order valence-corrected chi connectivity index (χ0v) is 13.9. The Hall–Kier alpha value is -2.15. The van der Waals surface area contributed by atoms with Crippen molar-refractivity contribution in [1.82, 2.24) is 16.2 Å². The Morgan fingerprint density at radius 3 is 2.68 bits per heavy atom. The van der Waals surface area contributed by atoms with Crippen molar-refractivity contribution in [2.45, 2.75) is 12.6 Å². The second-order valence-corrected chi connectivity index (χ2v) is 6.42. The Kier molecular flexibility index (Phi) is 4.83. The molecule has 3 N–H and O–H groups in total. The maximum Gasteiger partial charge on any atom is 0.161 e. The van der Waals surface area contributed by atoms with Gasteiger partial charge in [0.25, 0.3) is 0 Å². The molecule has 0 aromatic heterocycles. The van der Waals surface area contributed by atoms with E-state index in [1.54, 1.807) is 0 Å². The van der Waals surface area contributed by atoms with Crippen molar-refractivity contribution < 1.29 is 13.9 Å². The summed E-state index contributed by atoms with van der Waals surface area (Å²) in [6, 6.07) is 12.9. The first kappa shape index (κ1) is 16.3. The van der Waals surface area contributed by atoms with Crippen LogP contribution in [0.1, 0.15) is 17.2 Å². The standard InChI is InChI=1S/C19H22FN3O2/c20-16-4-2-14(3-5-16)19-15(12-22-23-19)11-21-10-13-1-6-17-18(9-13)25-8-7-24-17/h1-6,9,15,19,21-23H,7-8,10-12H2. The first-order valence-electron chi connectivity index (χ1n) is 8.63. The second kappa shape index (κ2) is 7.39. The summed E-state index contributed by atoms with van der Waals surface area (Å²) >= 11 is 0. The Morgan fingerprint density at radius 2 is 1.84 bits per heavy atom. The van der Waals surface area contributed by atoms with Gasteiger partial charge in [-0.2, -0.15) is 0 Å². The van der Waals surface area contributed by atoms with E-state index < -0.39 is 0 Å². The molecule has 2 unspecified atom stereocenters. The van der Waals surface area contributed by atoms with Crippen LogP contribution in [0.5, 0.6) is 11.5 Å². The lowest BCUT2D eigenvalue weighted by atomic mass is 9.95. The highest BCUT2D eigenvalue weighted by Crippen LogP contribution is 2.31. The molecule has 2 atom stereocenters. The van der Waals surface area contributed by atoms with Crippen LogP contribution in [0.4, 0.5) is 4.39 Å². The number of benzene rings is 2. The lowest BCUT2D eigenvalue weighted by Gasteiger charge is -2.20. The molecule has 132 valence electrons. The van der Waals surface area contributed by atoms with Crippen LogP contribution in [0, 0.1) is 11.7 Å². The molecule has 0 amide bonds. The molecule has 0 aliphatic carbocycles. The van der Waals surface area contributed by atoms with Gasteiger partial charge in [0, 0.05) is 25.6 Å². The maximum absolute atomic E-state index is 13.1. The highest BCUT2D eigenvalue weighted by Gasteiger charge is 2.27. The first-order chi connectivity index (χ1) is 12.3. The summed E-state index contributed by atoms with van der Waals surface area (Å²) in [4.78, 5) is 0. The number of fused-ring (bicyclic) bond motifs is 1. The number of ether oxygens (including phenoxy) is 2. The monoisotopic (exact) mass is 343 g/mol. The zero-order chi connectivity index (χ0) is 17.1. The van der Waals surface area contributed by atoms with E-state index in [-0.39, 0.29) is 11.9 Å². The third-order valence-corrected chi connectivity index (χ3v) is 4.66. The molecule has 5 nitrogen and oxygen atoms in total. The van der Waals surface area contributed by atoms with Gasteiger partial charge in [0.2, 0.25) is 0 Å². The van der Waals surface area contributed by atoms with Crippen molar-refractivity contribution in [2.24, 2.45) is 5.92 Å². The van der Waals surface area contributed by atoms with E-state index >= 15 is 0 Å². The average Bonchev–Trinajstić information content (AvgIpc) is 3.11. The van der Waals surface area contributed by atoms with E-state index in [1.165, 1.54) is 17.7 Å². The number of nitrogens with one attached hydrogen (secondary N) is 3. The summed E-state index contributed by atoms with van der Waals surface area (Å²) < 4.78 is 24.3. The topological polar surface area (TPSA) is 54.5 Å². The van der Waals surface area contributed by atoms with Crippen molar-refractivity contribution >= 4 is 0 Å². The van der Waals surface area contributed by atoms with Gasteiger partial charge in [-0.3, -0.25) is 5.43 Å². The first-order valence-corrected chi connectivity index (χ1v) is 8.63. The third-order valence-electron chi connectivity index (χ3n) is 4.66. The van der Waals surface area contributed by atoms with Crippen LogP contribution in [0.15, 0.2) is 42.5 Å². The molecule has 1 saturated heterocycles.